The second-order valence-electron chi connectivity index (χ2n) is 12.0. The van der Waals surface area contributed by atoms with Crippen LogP contribution in [0.1, 0.15) is 43.1 Å². The minimum absolute atomic E-state index is 0.0173. The summed E-state index contributed by atoms with van der Waals surface area (Å²) in [6.07, 6.45) is 3.61. The van der Waals surface area contributed by atoms with Gasteiger partial charge in [-0.25, -0.2) is 4.39 Å². The summed E-state index contributed by atoms with van der Waals surface area (Å²) in [5, 5.41) is 3.52. The molecule has 4 aromatic rings. The molecule has 1 atom stereocenters. The lowest BCUT2D eigenvalue weighted by Crippen LogP contribution is -2.54. The Morgan fingerprint density at radius 3 is 2.54 bits per heavy atom. The third-order valence-corrected chi connectivity index (χ3v) is 9.45. The van der Waals surface area contributed by atoms with E-state index in [9.17, 15) is 14.4 Å². The molecule has 0 bridgehead atoms. The first-order chi connectivity index (χ1) is 21.9. The van der Waals surface area contributed by atoms with Crippen molar-refractivity contribution in [2.45, 2.75) is 46.1 Å². The van der Waals surface area contributed by atoms with Gasteiger partial charge in [-0.3, -0.25) is 28.5 Å². The summed E-state index contributed by atoms with van der Waals surface area (Å²) < 4.78 is 18.3. The zero-order valence-corrected chi connectivity index (χ0v) is 27.5. The van der Waals surface area contributed by atoms with E-state index in [1.807, 2.05) is 20.8 Å². The number of piperazine rings is 1. The summed E-state index contributed by atoms with van der Waals surface area (Å²) >= 11 is 12.5. The third-order valence-electron chi connectivity index (χ3n) is 8.87. The smallest absolute Gasteiger partial charge is 0.281 e. The highest BCUT2D eigenvalue weighted by atomic mass is 35.5. The summed E-state index contributed by atoms with van der Waals surface area (Å²) in [5.74, 6) is -1.18. The number of benzene rings is 1. The molecule has 1 fully saturated rings. The van der Waals surface area contributed by atoms with Crippen LogP contribution in [-0.2, 0) is 4.79 Å². The summed E-state index contributed by atoms with van der Waals surface area (Å²) in [5.41, 5.74) is 7.78. The van der Waals surface area contributed by atoms with Crippen LogP contribution in [0.4, 0.5) is 21.5 Å². The van der Waals surface area contributed by atoms with Gasteiger partial charge in [0.2, 0.25) is 5.91 Å². The van der Waals surface area contributed by atoms with Crippen molar-refractivity contribution < 1.29 is 9.18 Å². The Hall–Kier alpha value is -4.35. The van der Waals surface area contributed by atoms with Gasteiger partial charge in [0.1, 0.15) is 16.9 Å². The molecule has 0 radical (unpaired) electrons. The fraction of sp³-hybridized carbons (Fsp3) is 0.333. The van der Waals surface area contributed by atoms with Crippen LogP contribution in [0.3, 0.4) is 0 Å². The lowest BCUT2D eigenvalue weighted by Gasteiger charge is -2.42. The molecule has 2 aliphatic heterocycles. The molecular formula is C33H34Cl2FN7O3. The Labute approximate surface area is 274 Å². The van der Waals surface area contributed by atoms with Crippen molar-refractivity contribution in [2.75, 3.05) is 42.1 Å². The number of carbonyl (C=O) groups excluding carboxylic acids is 1. The maximum absolute atomic E-state index is 15.7. The van der Waals surface area contributed by atoms with Gasteiger partial charge in [0.05, 0.1) is 32.8 Å². The van der Waals surface area contributed by atoms with E-state index in [1.54, 1.807) is 30.2 Å². The topological polar surface area (TPSA) is 118 Å². The molecule has 13 heteroatoms. The number of nitrogens with zero attached hydrogens (tertiary/aromatic N) is 5. The van der Waals surface area contributed by atoms with E-state index in [-0.39, 0.29) is 44.8 Å². The van der Waals surface area contributed by atoms with Gasteiger partial charge in [-0.05, 0) is 56.0 Å². The molecule has 5 heterocycles. The quantitative estimate of drug-likeness (QED) is 0.172. The summed E-state index contributed by atoms with van der Waals surface area (Å²) in [4.78, 5) is 50.7. The van der Waals surface area contributed by atoms with Crippen LogP contribution in [-0.4, -0.2) is 57.1 Å². The highest BCUT2D eigenvalue weighted by Crippen LogP contribution is 2.40. The number of hydrogen-bond acceptors (Lipinski definition) is 7. The molecule has 0 saturated carbocycles. The molecule has 6 rings (SSSR count). The van der Waals surface area contributed by atoms with E-state index in [0.717, 1.165) is 10.1 Å². The normalized spacial score (nSPS) is 16.2. The Bertz CT molecular complexity index is 2050. The molecule has 10 nitrogen and oxygen atoms in total. The van der Waals surface area contributed by atoms with Crippen LogP contribution in [0.2, 0.25) is 10.0 Å². The van der Waals surface area contributed by atoms with Gasteiger partial charge in [-0.1, -0.05) is 43.6 Å². The van der Waals surface area contributed by atoms with Gasteiger partial charge >= 0.3 is 0 Å². The van der Waals surface area contributed by atoms with Crippen LogP contribution in [0.15, 0.2) is 46.6 Å². The molecule has 2 aliphatic rings. The third kappa shape index (κ3) is 4.84. The van der Waals surface area contributed by atoms with Crippen LogP contribution in [0, 0.1) is 19.7 Å². The van der Waals surface area contributed by atoms with E-state index in [0.29, 0.717) is 66.4 Å². The van der Waals surface area contributed by atoms with Crippen LogP contribution in [0.25, 0.3) is 22.3 Å². The first kappa shape index (κ1) is 31.6. The van der Waals surface area contributed by atoms with E-state index in [2.05, 4.69) is 21.8 Å². The summed E-state index contributed by atoms with van der Waals surface area (Å²) in [6, 6.07) is 4.58. The van der Waals surface area contributed by atoms with Crippen molar-refractivity contribution in [2.24, 2.45) is 0 Å². The van der Waals surface area contributed by atoms with Gasteiger partial charge in [0.25, 0.3) is 11.1 Å². The fourth-order valence-electron chi connectivity index (χ4n) is 6.71. The minimum Gasteiger partial charge on any atom is -0.396 e. The van der Waals surface area contributed by atoms with Gasteiger partial charge in [-0.15, -0.1) is 0 Å². The molecule has 3 N–H and O–H groups in total. The number of carbonyl (C=O) groups is 1. The maximum Gasteiger partial charge on any atom is 0.281 e. The fourth-order valence-corrected chi connectivity index (χ4v) is 7.16. The van der Waals surface area contributed by atoms with Crippen molar-refractivity contribution in [1.82, 2.24) is 19.0 Å². The summed E-state index contributed by atoms with van der Waals surface area (Å²) in [7, 11) is 0. The number of nitrogen functional groups attached to an aromatic ring is 1. The molecule has 3 aromatic heterocycles. The molecule has 0 aliphatic carbocycles. The molecule has 0 spiro atoms. The number of aryl methyl sites for hydroxylation is 2. The van der Waals surface area contributed by atoms with Gasteiger partial charge < -0.3 is 20.9 Å². The largest absolute Gasteiger partial charge is 0.396 e. The number of anilines is 3. The Balaban J connectivity index is 1.78. The zero-order chi connectivity index (χ0) is 33.2. The van der Waals surface area contributed by atoms with Crippen molar-refractivity contribution in [3.63, 3.8) is 0 Å². The first-order valence-electron chi connectivity index (χ1n) is 15.0. The van der Waals surface area contributed by atoms with E-state index in [1.165, 1.54) is 16.7 Å². The van der Waals surface area contributed by atoms with Crippen molar-refractivity contribution in [3.05, 3.63) is 90.6 Å². The van der Waals surface area contributed by atoms with Gasteiger partial charge in [0, 0.05) is 49.5 Å². The molecule has 1 amide bonds. The van der Waals surface area contributed by atoms with Gasteiger partial charge in [0.15, 0.2) is 5.82 Å². The van der Waals surface area contributed by atoms with E-state index >= 15 is 4.39 Å². The molecule has 1 unspecified atom stereocenters. The number of nitrogens with two attached hydrogens (primary N) is 1. The minimum atomic E-state index is -0.915. The van der Waals surface area contributed by atoms with Crippen LogP contribution in [0.5, 0.6) is 0 Å². The first-order valence-corrected chi connectivity index (χ1v) is 15.8. The predicted molar refractivity (Wildman–Crippen MR) is 182 cm³/mol. The molecule has 240 valence electrons. The Kier molecular flexibility index (Phi) is 8.10. The second-order valence-corrected chi connectivity index (χ2v) is 12.9. The molecule has 1 aromatic carbocycles. The molecular weight excluding hydrogens is 632 g/mol. The van der Waals surface area contributed by atoms with Crippen molar-refractivity contribution in [1.29, 1.82) is 0 Å². The number of aromatic nitrogens is 3. The summed E-state index contributed by atoms with van der Waals surface area (Å²) in [6.45, 7) is 12.8. The average Bonchev–Trinajstić information content (AvgIpc) is 3.21. The lowest BCUT2D eigenvalue weighted by molar-refractivity contribution is -0.126. The second kappa shape index (κ2) is 11.8. The number of pyridine rings is 3. The number of rotatable bonds is 4. The number of fused-ring (bicyclic) bond motifs is 5. The maximum atomic E-state index is 15.7. The van der Waals surface area contributed by atoms with E-state index < -0.39 is 16.9 Å². The average molecular weight is 667 g/mol. The number of halogens is 3. The van der Waals surface area contributed by atoms with Crippen molar-refractivity contribution >= 4 is 57.1 Å². The molecule has 46 heavy (non-hydrogen) atoms. The lowest BCUT2D eigenvalue weighted by atomic mass is 10.0. The van der Waals surface area contributed by atoms with Crippen molar-refractivity contribution in [3.8, 4) is 11.4 Å². The number of nitrogens with one attached hydrogen (secondary N) is 1. The number of amides is 1. The monoisotopic (exact) mass is 665 g/mol. The molecule has 1 saturated heterocycles. The Morgan fingerprint density at radius 2 is 1.85 bits per heavy atom. The zero-order valence-electron chi connectivity index (χ0n) is 26.0. The highest BCUT2D eigenvalue weighted by Gasteiger charge is 2.36. The predicted octanol–water partition coefficient (Wildman–Crippen LogP) is 5.32. The highest BCUT2D eigenvalue weighted by molar-refractivity contribution is 6.37. The Morgan fingerprint density at radius 1 is 1.11 bits per heavy atom. The van der Waals surface area contributed by atoms with E-state index in [4.69, 9.17) is 28.9 Å². The number of hydrogen-bond donors (Lipinski definition) is 2. The van der Waals surface area contributed by atoms with Crippen LogP contribution >= 0.6 is 23.2 Å². The van der Waals surface area contributed by atoms with Crippen LogP contribution < -0.4 is 27.1 Å². The SMILES string of the molecule is C=CC(=O)N1CCN2c3c(c(=O)n(-c4c(C)ccnc4C(C)C)c4c(=O)n(-c5c(N)c(Cl)cc(Cl)c5F)c(C)cc34)NCCC2C1. The van der Waals surface area contributed by atoms with Gasteiger partial charge in [-0.2, -0.15) is 0 Å². The standard InChI is InChI=1S/C33H34Cl2FN7O3/c1-6-23(44)40-11-12-41-19(15-40)8-10-39-27-29(41)20-13-18(5)42(31-24(36)21(34)14-22(35)25(31)37)33(46)30(20)43(32(27)45)28-17(4)7-9-38-26(28)16(2)3/h6-7,9,13-14,16,19,39H,1,8,10-12,15,37H2,2-5H3.